The number of pyridine rings is 1. The smallest absolute Gasteiger partial charge is 0.138 e. The molecule has 0 bridgehead atoms. The van der Waals surface area contributed by atoms with Gasteiger partial charge >= 0.3 is 0 Å². The second-order valence-electron chi connectivity index (χ2n) is 5.05. The average Bonchev–Trinajstić information content (AvgIpc) is 2.37. The highest BCUT2D eigenvalue weighted by atomic mass is 19.1. The fourth-order valence-electron chi connectivity index (χ4n) is 1.96. The lowest BCUT2D eigenvalue weighted by molar-refractivity contribution is 0.211. The van der Waals surface area contributed by atoms with Crippen molar-refractivity contribution in [3.05, 3.63) is 59.2 Å². The Bertz CT molecular complexity index is 599. The van der Waals surface area contributed by atoms with Crippen molar-refractivity contribution in [2.75, 3.05) is 0 Å². The average molecular weight is 275 g/mol. The number of aromatic nitrogens is 1. The predicted octanol–water partition coefficient (Wildman–Crippen LogP) is 3.40. The van der Waals surface area contributed by atoms with Crippen LogP contribution in [0.3, 0.4) is 0 Å². The molecule has 0 saturated heterocycles. The van der Waals surface area contributed by atoms with Crippen LogP contribution in [0.5, 0.6) is 5.75 Å². The highest BCUT2D eigenvalue weighted by Gasteiger charge is 2.16. The zero-order valence-corrected chi connectivity index (χ0v) is 11.8. The van der Waals surface area contributed by atoms with Gasteiger partial charge < -0.3 is 9.84 Å². The summed E-state index contributed by atoms with van der Waals surface area (Å²) in [5.74, 6) is 0.136. The van der Waals surface area contributed by atoms with Crippen molar-refractivity contribution in [1.29, 1.82) is 0 Å². The molecule has 1 atom stereocenters. The molecule has 1 aromatic carbocycles. The van der Waals surface area contributed by atoms with Crippen molar-refractivity contribution < 1.29 is 14.2 Å². The Morgan fingerprint density at radius 2 is 1.95 bits per heavy atom. The van der Waals surface area contributed by atoms with Crippen LogP contribution in [0.4, 0.5) is 4.39 Å². The maximum Gasteiger partial charge on any atom is 0.138 e. The molecule has 1 unspecified atom stereocenters. The van der Waals surface area contributed by atoms with Gasteiger partial charge in [0.25, 0.3) is 0 Å². The summed E-state index contributed by atoms with van der Waals surface area (Å²) in [5.41, 5.74) is 1.55. The van der Waals surface area contributed by atoms with Gasteiger partial charge in [0, 0.05) is 17.3 Å². The zero-order chi connectivity index (χ0) is 14.7. The molecular weight excluding hydrogens is 257 g/mol. The number of hydrogen-bond donors (Lipinski definition) is 1. The van der Waals surface area contributed by atoms with Crippen LogP contribution in [0, 0.1) is 12.7 Å². The van der Waals surface area contributed by atoms with E-state index in [1.807, 2.05) is 13.8 Å². The summed E-state index contributed by atoms with van der Waals surface area (Å²) in [6, 6.07) is 6.44. The van der Waals surface area contributed by atoms with Crippen molar-refractivity contribution in [3.8, 4) is 5.75 Å². The van der Waals surface area contributed by atoms with Crippen molar-refractivity contribution in [2.24, 2.45) is 0 Å². The number of ether oxygens (including phenoxy) is 1. The Balaban J connectivity index is 2.30. The van der Waals surface area contributed by atoms with Gasteiger partial charge in [0.05, 0.1) is 12.3 Å². The van der Waals surface area contributed by atoms with E-state index in [1.54, 1.807) is 31.3 Å². The van der Waals surface area contributed by atoms with E-state index in [-0.39, 0.29) is 11.7 Å². The van der Waals surface area contributed by atoms with Crippen LogP contribution < -0.4 is 4.74 Å². The van der Waals surface area contributed by atoms with Gasteiger partial charge in [-0.15, -0.1) is 0 Å². The SMILES string of the molecule is Cc1ccc(C(O)c2cncc(OC(C)C)c2)c(F)c1. The Labute approximate surface area is 118 Å². The molecule has 1 aromatic heterocycles. The fraction of sp³-hybridized carbons (Fsp3) is 0.312. The molecule has 0 aliphatic rings. The summed E-state index contributed by atoms with van der Waals surface area (Å²) in [6.45, 7) is 5.61. The van der Waals surface area contributed by atoms with E-state index in [2.05, 4.69) is 4.98 Å². The molecule has 0 aliphatic heterocycles. The normalized spacial score (nSPS) is 12.5. The first-order chi connectivity index (χ1) is 9.47. The molecule has 1 heterocycles. The highest BCUT2D eigenvalue weighted by Crippen LogP contribution is 2.26. The zero-order valence-electron chi connectivity index (χ0n) is 11.8. The van der Waals surface area contributed by atoms with Crippen molar-refractivity contribution in [2.45, 2.75) is 33.0 Å². The number of benzene rings is 1. The van der Waals surface area contributed by atoms with Gasteiger partial charge in [-0.3, -0.25) is 4.98 Å². The van der Waals surface area contributed by atoms with Gasteiger partial charge in [-0.2, -0.15) is 0 Å². The molecule has 3 nitrogen and oxygen atoms in total. The van der Waals surface area contributed by atoms with Gasteiger partial charge in [0.1, 0.15) is 17.7 Å². The molecule has 1 N–H and O–H groups in total. The molecule has 0 amide bonds. The minimum Gasteiger partial charge on any atom is -0.489 e. The highest BCUT2D eigenvalue weighted by molar-refractivity contribution is 5.34. The van der Waals surface area contributed by atoms with E-state index in [1.165, 1.54) is 12.3 Å². The second-order valence-corrected chi connectivity index (χ2v) is 5.05. The lowest BCUT2D eigenvalue weighted by Crippen LogP contribution is -2.08. The summed E-state index contributed by atoms with van der Waals surface area (Å²) < 4.78 is 19.4. The molecule has 2 aromatic rings. The Morgan fingerprint density at radius 3 is 2.60 bits per heavy atom. The lowest BCUT2D eigenvalue weighted by Gasteiger charge is -2.15. The van der Waals surface area contributed by atoms with E-state index in [4.69, 9.17) is 4.74 Å². The maximum atomic E-state index is 13.9. The largest absolute Gasteiger partial charge is 0.489 e. The standard InChI is InChI=1S/C16H18FNO2/c1-10(2)20-13-7-12(8-18-9-13)16(19)14-5-4-11(3)6-15(14)17/h4-10,16,19H,1-3H3. The van der Waals surface area contributed by atoms with Crippen LogP contribution in [0.15, 0.2) is 36.7 Å². The van der Waals surface area contributed by atoms with Crippen LogP contribution in [0.2, 0.25) is 0 Å². The summed E-state index contributed by atoms with van der Waals surface area (Å²) in [7, 11) is 0. The first-order valence-corrected chi connectivity index (χ1v) is 6.53. The first kappa shape index (κ1) is 14.5. The minimum atomic E-state index is -1.06. The molecular formula is C16H18FNO2. The molecule has 0 spiro atoms. The molecule has 20 heavy (non-hydrogen) atoms. The van der Waals surface area contributed by atoms with Crippen LogP contribution in [-0.2, 0) is 0 Å². The summed E-state index contributed by atoms with van der Waals surface area (Å²) >= 11 is 0. The van der Waals surface area contributed by atoms with E-state index in [9.17, 15) is 9.50 Å². The Kier molecular flexibility index (Phi) is 4.35. The number of halogens is 1. The van der Waals surface area contributed by atoms with Gasteiger partial charge in [-0.05, 0) is 38.5 Å². The number of rotatable bonds is 4. The van der Waals surface area contributed by atoms with Gasteiger partial charge in [0.2, 0.25) is 0 Å². The number of aliphatic hydroxyl groups is 1. The van der Waals surface area contributed by atoms with E-state index < -0.39 is 11.9 Å². The lowest BCUT2D eigenvalue weighted by atomic mass is 10.0. The predicted molar refractivity (Wildman–Crippen MR) is 75.2 cm³/mol. The Morgan fingerprint density at radius 1 is 1.20 bits per heavy atom. The number of hydrogen-bond acceptors (Lipinski definition) is 3. The molecule has 2 rings (SSSR count). The van der Waals surface area contributed by atoms with Gasteiger partial charge in [-0.25, -0.2) is 4.39 Å². The van der Waals surface area contributed by atoms with Crippen LogP contribution >= 0.6 is 0 Å². The van der Waals surface area contributed by atoms with Crippen LogP contribution in [0.25, 0.3) is 0 Å². The maximum absolute atomic E-state index is 13.9. The van der Waals surface area contributed by atoms with Gasteiger partial charge in [-0.1, -0.05) is 12.1 Å². The van der Waals surface area contributed by atoms with E-state index in [0.29, 0.717) is 11.3 Å². The number of aliphatic hydroxyl groups excluding tert-OH is 1. The minimum absolute atomic E-state index is 0.0142. The molecule has 0 fully saturated rings. The summed E-state index contributed by atoms with van der Waals surface area (Å²) in [5, 5.41) is 10.3. The third-order valence-corrected chi connectivity index (χ3v) is 2.87. The number of nitrogens with zero attached hydrogens (tertiary/aromatic N) is 1. The first-order valence-electron chi connectivity index (χ1n) is 6.53. The number of aryl methyl sites for hydroxylation is 1. The van der Waals surface area contributed by atoms with E-state index in [0.717, 1.165) is 5.56 Å². The second kappa shape index (κ2) is 6.01. The van der Waals surface area contributed by atoms with Crippen LogP contribution in [-0.4, -0.2) is 16.2 Å². The third kappa shape index (κ3) is 3.33. The van der Waals surface area contributed by atoms with Crippen molar-refractivity contribution in [1.82, 2.24) is 4.98 Å². The molecule has 4 heteroatoms. The molecule has 106 valence electrons. The Hall–Kier alpha value is -1.94. The molecule has 0 radical (unpaired) electrons. The fourth-order valence-corrected chi connectivity index (χ4v) is 1.96. The topological polar surface area (TPSA) is 42.4 Å². The third-order valence-electron chi connectivity index (χ3n) is 2.87. The summed E-state index contributed by atoms with van der Waals surface area (Å²) in [6.07, 6.45) is 2.04. The molecule has 0 aliphatic carbocycles. The quantitative estimate of drug-likeness (QED) is 0.930. The summed E-state index contributed by atoms with van der Waals surface area (Å²) in [4.78, 5) is 4.02. The van der Waals surface area contributed by atoms with Crippen LogP contribution in [0.1, 0.15) is 36.6 Å². The van der Waals surface area contributed by atoms with Gasteiger partial charge in [0.15, 0.2) is 0 Å². The van der Waals surface area contributed by atoms with Crippen molar-refractivity contribution >= 4 is 0 Å². The van der Waals surface area contributed by atoms with Crippen molar-refractivity contribution in [3.63, 3.8) is 0 Å². The monoisotopic (exact) mass is 275 g/mol. The molecule has 0 saturated carbocycles. The van der Waals surface area contributed by atoms with E-state index >= 15 is 0 Å².